The van der Waals surface area contributed by atoms with Gasteiger partial charge >= 0.3 is 0 Å². The van der Waals surface area contributed by atoms with Crippen LogP contribution >= 0.6 is 0 Å². The van der Waals surface area contributed by atoms with Crippen LogP contribution in [0.3, 0.4) is 0 Å². The first-order valence-corrected chi connectivity index (χ1v) is 5.09. The summed E-state index contributed by atoms with van der Waals surface area (Å²) in [6.45, 7) is 1.71. The van der Waals surface area contributed by atoms with Gasteiger partial charge in [-0.1, -0.05) is 0 Å². The molecule has 1 aliphatic rings. The summed E-state index contributed by atoms with van der Waals surface area (Å²) in [5.41, 5.74) is -0.500. The van der Waals surface area contributed by atoms with Gasteiger partial charge in [-0.15, -0.1) is 0 Å². The summed E-state index contributed by atoms with van der Waals surface area (Å²) in [7, 11) is 0. The molecule has 0 aromatic carbocycles. The van der Waals surface area contributed by atoms with Crippen molar-refractivity contribution < 1.29 is 14.3 Å². The van der Waals surface area contributed by atoms with Crippen molar-refractivity contribution in [1.29, 1.82) is 0 Å². The molecule has 1 fully saturated rings. The molecule has 0 aliphatic heterocycles. The van der Waals surface area contributed by atoms with E-state index in [1.807, 2.05) is 0 Å². The lowest BCUT2D eigenvalue weighted by Gasteiger charge is -2.10. The van der Waals surface area contributed by atoms with E-state index >= 15 is 0 Å². The van der Waals surface area contributed by atoms with E-state index in [0.717, 1.165) is 0 Å². The highest BCUT2D eigenvalue weighted by atomic mass is 19.1. The molecule has 0 spiro atoms. The SMILES string of the molecule is C[C@@]1(C(=O)NCc2ncccc2O)C[C@H]1F. The number of carbonyl (C=O) groups is 1. The Hall–Kier alpha value is -1.65. The lowest BCUT2D eigenvalue weighted by atomic mass is 10.1. The van der Waals surface area contributed by atoms with Crippen molar-refractivity contribution in [1.82, 2.24) is 10.3 Å². The maximum Gasteiger partial charge on any atom is 0.229 e. The molecule has 2 atom stereocenters. The highest BCUT2D eigenvalue weighted by Crippen LogP contribution is 2.48. The number of amides is 1. The van der Waals surface area contributed by atoms with E-state index in [0.29, 0.717) is 5.69 Å². The quantitative estimate of drug-likeness (QED) is 0.809. The average molecular weight is 224 g/mol. The van der Waals surface area contributed by atoms with Gasteiger partial charge < -0.3 is 10.4 Å². The van der Waals surface area contributed by atoms with E-state index in [-0.39, 0.29) is 24.6 Å². The van der Waals surface area contributed by atoms with Crippen molar-refractivity contribution in [2.45, 2.75) is 26.1 Å². The molecular weight excluding hydrogens is 211 g/mol. The van der Waals surface area contributed by atoms with Gasteiger partial charge in [0.25, 0.3) is 0 Å². The molecule has 5 heteroatoms. The van der Waals surface area contributed by atoms with Crippen LogP contribution in [-0.4, -0.2) is 22.2 Å². The van der Waals surface area contributed by atoms with Gasteiger partial charge in [-0.2, -0.15) is 0 Å². The van der Waals surface area contributed by atoms with E-state index in [2.05, 4.69) is 10.3 Å². The minimum atomic E-state index is -1.05. The normalized spacial score (nSPS) is 27.5. The molecule has 4 nitrogen and oxygen atoms in total. The Labute approximate surface area is 92.5 Å². The number of hydrogen-bond acceptors (Lipinski definition) is 3. The predicted octanol–water partition coefficient (Wildman–Crippen LogP) is 1.15. The number of nitrogens with zero attached hydrogens (tertiary/aromatic N) is 1. The van der Waals surface area contributed by atoms with Gasteiger partial charge in [-0.25, -0.2) is 4.39 Å². The summed E-state index contributed by atoms with van der Waals surface area (Å²) in [6.07, 6.45) is 0.746. The first-order chi connectivity index (χ1) is 7.54. The predicted molar refractivity (Wildman–Crippen MR) is 55.4 cm³/mol. The second kappa shape index (κ2) is 3.73. The third-order valence-electron chi connectivity index (χ3n) is 2.94. The topological polar surface area (TPSA) is 62.2 Å². The molecule has 86 valence electrons. The lowest BCUT2D eigenvalue weighted by molar-refractivity contribution is -0.126. The van der Waals surface area contributed by atoms with Gasteiger partial charge in [0.1, 0.15) is 17.6 Å². The summed E-state index contributed by atoms with van der Waals surface area (Å²) in [6, 6.07) is 3.09. The van der Waals surface area contributed by atoms with Gasteiger partial charge in [0.05, 0.1) is 12.0 Å². The molecular formula is C11H13FN2O2. The molecule has 1 heterocycles. The van der Waals surface area contributed by atoms with E-state index in [4.69, 9.17) is 0 Å². The van der Waals surface area contributed by atoms with Crippen molar-refractivity contribution in [3.63, 3.8) is 0 Å². The second-order valence-corrected chi connectivity index (χ2v) is 4.24. The summed E-state index contributed by atoms with van der Waals surface area (Å²) < 4.78 is 12.9. The van der Waals surface area contributed by atoms with Crippen LogP contribution in [0.4, 0.5) is 4.39 Å². The van der Waals surface area contributed by atoms with Crippen LogP contribution in [0.1, 0.15) is 19.0 Å². The van der Waals surface area contributed by atoms with Gasteiger partial charge in [0.15, 0.2) is 0 Å². The molecule has 2 N–H and O–H groups in total. The van der Waals surface area contributed by atoms with Crippen LogP contribution in [0, 0.1) is 5.41 Å². The number of alkyl halides is 1. The van der Waals surface area contributed by atoms with E-state index in [1.54, 1.807) is 13.0 Å². The Kier molecular flexibility index (Phi) is 2.53. The molecule has 1 aromatic rings. The maximum absolute atomic E-state index is 12.9. The summed E-state index contributed by atoms with van der Waals surface area (Å²) >= 11 is 0. The van der Waals surface area contributed by atoms with E-state index in [1.165, 1.54) is 12.3 Å². The van der Waals surface area contributed by atoms with Crippen LogP contribution in [-0.2, 0) is 11.3 Å². The number of hydrogen-bond donors (Lipinski definition) is 2. The number of halogens is 1. The third kappa shape index (κ3) is 1.85. The largest absolute Gasteiger partial charge is 0.506 e. The molecule has 1 aromatic heterocycles. The van der Waals surface area contributed by atoms with E-state index < -0.39 is 11.6 Å². The summed E-state index contributed by atoms with van der Waals surface area (Å²) in [5, 5.41) is 12.0. The van der Waals surface area contributed by atoms with Crippen LogP contribution in [0.15, 0.2) is 18.3 Å². The zero-order valence-corrected chi connectivity index (χ0v) is 8.90. The fourth-order valence-electron chi connectivity index (χ4n) is 1.48. The molecule has 2 rings (SSSR count). The smallest absolute Gasteiger partial charge is 0.229 e. The zero-order valence-electron chi connectivity index (χ0n) is 8.90. The molecule has 0 saturated heterocycles. The van der Waals surface area contributed by atoms with Crippen molar-refractivity contribution in [3.8, 4) is 5.75 Å². The van der Waals surface area contributed by atoms with Gasteiger partial charge in [0.2, 0.25) is 5.91 Å². The molecule has 1 aliphatic carbocycles. The van der Waals surface area contributed by atoms with Crippen molar-refractivity contribution in [3.05, 3.63) is 24.0 Å². The monoisotopic (exact) mass is 224 g/mol. The molecule has 1 amide bonds. The Bertz CT molecular complexity index is 424. The van der Waals surface area contributed by atoms with Crippen molar-refractivity contribution >= 4 is 5.91 Å². The number of pyridine rings is 1. The fraction of sp³-hybridized carbons (Fsp3) is 0.455. The molecule has 16 heavy (non-hydrogen) atoms. The number of rotatable bonds is 3. The summed E-state index contributed by atoms with van der Waals surface area (Å²) in [4.78, 5) is 15.5. The number of carbonyl (C=O) groups excluding carboxylic acids is 1. The number of nitrogens with one attached hydrogen (secondary N) is 1. The van der Waals surface area contributed by atoms with Crippen molar-refractivity contribution in [2.75, 3.05) is 0 Å². The Balaban J connectivity index is 1.94. The zero-order chi connectivity index (χ0) is 11.8. The Morgan fingerprint density at radius 2 is 2.50 bits per heavy atom. The van der Waals surface area contributed by atoms with Crippen LogP contribution in [0.25, 0.3) is 0 Å². The lowest BCUT2D eigenvalue weighted by Crippen LogP contribution is -2.31. The van der Waals surface area contributed by atoms with Gasteiger partial charge in [-0.05, 0) is 25.5 Å². The summed E-state index contributed by atoms with van der Waals surface area (Å²) in [5.74, 6) is -0.300. The van der Waals surface area contributed by atoms with Crippen molar-refractivity contribution in [2.24, 2.45) is 5.41 Å². The highest BCUT2D eigenvalue weighted by Gasteiger charge is 2.57. The first-order valence-electron chi connectivity index (χ1n) is 5.09. The third-order valence-corrected chi connectivity index (χ3v) is 2.94. The van der Waals surface area contributed by atoms with E-state index in [9.17, 15) is 14.3 Å². The standard InChI is InChI=1S/C11H13FN2O2/c1-11(5-9(11)12)10(16)14-6-7-8(15)3-2-4-13-7/h2-4,9,15H,5-6H2,1H3,(H,14,16)/t9-,11-/m1/s1. The van der Waals surface area contributed by atoms with Gasteiger partial charge in [0, 0.05) is 6.20 Å². The maximum atomic E-state index is 12.9. The highest BCUT2D eigenvalue weighted by molar-refractivity contribution is 5.86. The average Bonchev–Trinajstić information content (AvgIpc) is 2.87. The van der Waals surface area contributed by atoms with Crippen LogP contribution < -0.4 is 5.32 Å². The molecule has 0 bridgehead atoms. The first kappa shape index (κ1) is 10.9. The molecule has 0 unspecified atom stereocenters. The Morgan fingerprint density at radius 1 is 1.81 bits per heavy atom. The minimum Gasteiger partial charge on any atom is -0.506 e. The fourth-order valence-corrected chi connectivity index (χ4v) is 1.48. The number of aromatic hydroxyl groups is 1. The van der Waals surface area contributed by atoms with Gasteiger partial charge in [-0.3, -0.25) is 9.78 Å². The molecule has 1 saturated carbocycles. The minimum absolute atomic E-state index is 0.0283. The number of aromatic nitrogens is 1. The van der Waals surface area contributed by atoms with Crippen LogP contribution in [0.5, 0.6) is 5.75 Å². The van der Waals surface area contributed by atoms with Crippen LogP contribution in [0.2, 0.25) is 0 Å². The second-order valence-electron chi connectivity index (χ2n) is 4.24. The Morgan fingerprint density at radius 3 is 3.06 bits per heavy atom. The molecule has 0 radical (unpaired) electrons.